The first-order valence-corrected chi connectivity index (χ1v) is 7.07. The fourth-order valence-electron chi connectivity index (χ4n) is 1.80. The molecule has 0 spiro atoms. The summed E-state index contributed by atoms with van der Waals surface area (Å²) in [5.74, 6) is -0.0900. The van der Waals surface area contributed by atoms with E-state index in [2.05, 4.69) is 13.5 Å². The van der Waals surface area contributed by atoms with Gasteiger partial charge in [0.2, 0.25) is 0 Å². The fraction of sp³-hybridized carbons (Fsp3) is 0.800. The number of hydrogen-bond donors (Lipinski definition) is 0. The number of carbonyl (C=O) groups excluding carboxylic acids is 1. The zero-order valence-electron chi connectivity index (χ0n) is 11.7. The first-order valence-electron chi connectivity index (χ1n) is 7.07. The van der Waals surface area contributed by atoms with E-state index < -0.39 is 0 Å². The van der Waals surface area contributed by atoms with Crippen molar-refractivity contribution >= 4 is 5.97 Å². The van der Waals surface area contributed by atoms with Crippen LogP contribution in [0.4, 0.5) is 0 Å². The molecule has 0 aromatic heterocycles. The maximum atomic E-state index is 11.1. The Morgan fingerprint density at radius 1 is 1.00 bits per heavy atom. The third-order valence-electron chi connectivity index (χ3n) is 2.85. The van der Waals surface area contributed by atoms with E-state index in [1.54, 1.807) is 6.08 Å². The Morgan fingerprint density at radius 2 is 1.50 bits per heavy atom. The number of rotatable bonds is 12. The van der Waals surface area contributed by atoms with Crippen molar-refractivity contribution in [3.8, 4) is 0 Å². The minimum Gasteiger partial charge on any atom is -0.461 e. The number of carbonyl (C=O) groups is 1. The molecule has 0 aliphatic heterocycles. The molecule has 3 heteroatoms. The molecule has 0 atom stereocenters. The number of esters is 1. The van der Waals surface area contributed by atoms with Gasteiger partial charge in [-0.2, -0.15) is 0 Å². The quantitative estimate of drug-likeness (QED) is 0.298. The van der Waals surface area contributed by atoms with E-state index in [0.29, 0.717) is 13.0 Å². The van der Waals surface area contributed by atoms with Gasteiger partial charge in [-0.1, -0.05) is 70.9 Å². The van der Waals surface area contributed by atoms with Crippen LogP contribution in [-0.2, 0) is 26.3 Å². The Morgan fingerprint density at radius 3 is 2.00 bits per heavy atom. The summed E-state index contributed by atoms with van der Waals surface area (Å²) < 4.78 is 4.91. The number of unbranched alkanes of at least 4 members (excludes halogenated alkanes) is 8. The zero-order valence-corrected chi connectivity index (χ0v) is 12.8. The number of hydrogen-bond acceptors (Lipinski definition) is 2. The third kappa shape index (κ3) is 15.7. The van der Waals surface area contributed by atoms with Crippen LogP contribution >= 0.6 is 0 Å². The molecule has 1 radical (unpaired) electrons. The van der Waals surface area contributed by atoms with Crippen molar-refractivity contribution in [2.24, 2.45) is 0 Å². The van der Waals surface area contributed by atoms with E-state index in [0.717, 1.165) is 12.8 Å². The molecule has 0 aromatic carbocycles. The largest absolute Gasteiger partial charge is 0.461 e. The van der Waals surface area contributed by atoms with Crippen molar-refractivity contribution in [3.05, 3.63) is 12.7 Å². The average molecular weight is 299 g/mol. The standard InChI is InChI=1S/C15H28O2.Co/c1-3-5-6-7-8-9-10-11-12-13-15(16)17-14-4-2;/h4H,2-3,5-14H2,1H3;. The van der Waals surface area contributed by atoms with E-state index in [1.165, 1.54) is 44.9 Å². The molecule has 0 rings (SSSR count). The summed E-state index contributed by atoms with van der Waals surface area (Å²) in [6, 6.07) is 0. The molecule has 0 unspecified atom stereocenters. The number of ether oxygens (including phenoxy) is 1. The van der Waals surface area contributed by atoms with E-state index in [1.807, 2.05) is 0 Å². The van der Waals surface area contributed by atoms with Crippen molar-refractivity contribution in [3.63, 3.8) is 0 Å². The molecule has 0 bridgehead atoms. The van der Waals surface area contributed by atoms with Gasteiger partial charge in [-0.05, 0) is 6.42 Å². The molecular weight excluding hydrogens is 271 g/mol. The molecule has 0 aromatic rings. The second-order valence-electron chi connectivity index (χ2n) is 4.55. The van der Waals surface area contributed by atoms with Crippen molar-refractivity contribution in [1.82, 2.24) is 0 Å². The van der Waals surface area contributed by atoms with E-state index in [9.17, 15) is 4.79 Å². The predicted molar refractivity (Wildman–Crippen MR) is 73.0 cm³/mol. The van der Waals surface area contributed by atoms with Gasteiger partial charge in [0.1, 0.15) is 6.61 Å². The van der Waals surface area contributed by atoms with Gasteiger partial charge in [0.05, 0.1) is 0 Å². The van der Waals surface area contributed by atoms with Crippen molar-refractivity contribution in [1.29, 1.82) is 0 Å². The summed E-state index contributed by atoms with van der Waals surface area (Å²) in [5, 5.41) is 0. The molecule has 0 saturated carbocycles. The minimum atomic E-state index is -0.0900. The maximum Gasteiger partial charge on any atom is 0.306 e. The fourth-order valence-corrected chi connectivity index (χ4v) is 1.80. The Balaban J connectivity index is 0. The molecule has 109 valence electrons. The molecule has 0 N–H and O–H groups in total. The SMILES string of the molecule is C=CCOC(=O)CCCCCCCCCCC.[Co]. The summed E-state index contributed by atoms with van der Waals surface area (Å²) in [7, 11) is 0. The second kappa shape index (κ2) is 16.7. The van der Waals surface area contributed by atoms with Crippen LogP contribution in [0, 0.1) is 0 Å². The molecule has 0 heterocycles. The topological polar surface area (TPSA) is 26.3 Å². The van der Waals surface area contributed by atoms with Crippen LogP contribution < -0.4 is 0 Å². The molecule has 0 aliphatic carbocycles. The monoisotopic (exact) mass is 299 g/mol. The van der Waals surface area contributed by atoms with Crippen LogP contribution in [0.3, 0.4) is 0 Å². The van der Waals surface area contributed by atoms with Gasteiger partial charge in [-0.25, -0.2) is 0 Å². The van der Waals surface area contributed by atoms with Crippen LogP contribution in [0.15, 0.2) is 12.7 Å². The summed E-state index contributed by atoms with van der Waals surface area (Å²) in [6.45, 7) is 6.09. The van der Waals surface area contributed by atoms with Crippen LogP contribution in [0.25, 0.3) is 0 Å². The molecule has 2 nitrogen and oxygen atoms in total. The molecule has 0 aliphatic rings. The van der Waals surface area contributed by atoms with E-state index in [4.69, 9.17) is 4.74 Å². The van der Waals surface area contributed by atoms with E-state index >= 15 is 0 Å². The van der Waals surface area contributed by atoms with Gasteiger partial charge in [0.25, 0.3) is 0 Å². The third-order valence-corrected chi connectivity index (χ3v) is 2.85. The normalized spacial score (nSPS) is 9.61. The second-order valence-corrected chi connectivity index (χ2v) is 4.55. The Hall–Kier alpha value is -0.284. The predicted octanol–water partition coefficient (Wildman–Crippen LogP) is 4.63. The summed E-state index contributed by atoms with van der Waals surface area (Å²) in [6.07, 6.45) is 13.6. The molecular formula is C15H28CoO2. The van der Waals surface area contributed by atoms with Gasteiger partial charge in [-0.3, -0.25) is 4.79 Å². The van der Waals surface area contributed by atoms with Gasteiger partial charge < -0.3 is 4.74 Å². The van der Waals surface area contributed by atoms with Crippen molar-refractivity contribution in [2.45, 2.75) is 71.1 Å². The minimum absolute atomic E-state index is 0. The van der Waals surface area contributed by atoms with Gasteiger partial charge in [0, 0.05) is 23.2 Å². The van der Waals surface area contributed by atoms with Crippen LogP contribution in [0.1, 0.15) is 71.1 Å². The zero-order chi connectivity index (χ0) is 12.8. The van der Waals surface area contributed by atoms with Gasteiger partial charge in [0.15, 0.2) is 0 Å². The van der Waals surface area contributed by atoms with Crippen molar-refractivity contribution < 1.29 is 26.3 Å². The molecule has 0 amide bonds. The Bertz CT molecular complexity index is 193. The first-order chi connectivity index (χ1) is 8.31. The summed E-state index contributed by atoms with van der Waals surface area (Å²) in [5.41, 5.74) is 0. The first kappa shape index (κ1) is 20.0. The van der Waals surface area contributed by atoms with Gasteiger partial charge in [-0.15, -0.1) is 0 Å². The van der Waals surface area contributed by atoms with Crippen LogP contribution in [0.2, 0.25) is 0 Å². The van der Waals surface area contributed by atoms with Crippen LogP contribution in [-0.4, -0.2) is 12.6 Å². The smallest absolute Gasteiger partial charge is 0.306 e. The molecule has 0 fully saturated rings. The maximum absolute atomic E-state index is 11.1. The Kier molecular flexibility index (Phi) is 18.6. The average Bonchev–Trinajstić information content (AvgIpc) is 2.34. The van der Waals surface area contributed by atoms with Crippen molar-refractivity contribution in [2.75, 3.05) is 6.61 Å². The van der Waals surface area contributed by atoms with E-state index in [-0.39, 0.29) is 22.7 Å². The Labute approximate surface area is 123 Å². The molecule has 18 heavy (non-hydrogen) atoms. The molecule has 0 saturated heterocycles. The summed E-state index contributed by atoms with van der Waals surface area (Å²) >= 11 is 0. The van der Waals surface area contributed by atoms with Crippen LogP contribution in [0.5, 0.6) is 0 Å². The summed E-state index contributed by atoms with van der Waals surface area (Å²) in [4.78, 5) is 11.1. The van der Waals surface area contributed by atoms with Gasteiger partial charge >= 0.3 is 5.97 Å².